The standard InChI is InChI=1S/C12H12FN3O2/c1-7-5-16(12(18)15-11(7)17)6-8-2-9(13)4-10(14)3-8/h2-5H,6,14H2,1H3,(H,15,17,18). The average molecular weight is 249 g/mol. The van der Waals surface area contributed by atoms with Gasteiger partial charge in [-0.2, -0.15) is 0 Å². The van der Waals surface area contributed by atoms with E-state index in [9.17, 15) is 14.0 Å². The Bertz CT molecular complexity index is 683. The summed E-state index contributed by atoms with van der Waals surface area (Å²) in [6, 6.07) is 4.07. The first-order valence-corrected chi connectivity index (χ1v) is 5.31. The van der Waals surface area contributed by atoms with E-state index in [4.69, 9.17) is 5.73 Å². The summed E-state index contributed by atoms with van der Waals surface area (Å²) in [7, 11) is 0. The summed E-state index contributed by atoms with van der Waals surface area (Å²) >= 11 is 0. The highest BCUT2D eigenvalue weighted by Gasteiger charge is 2.04. The molecule has 2 aromatic rings. The van der Waals surface area contributed by atoms with Crippen molar-refractivity contribution in [2.24, 2.45) is 0 Å². The van der Waals surface area contributed by atoms with Crippen molar-refractivity contribution in [2.45, 2.75) is 13.5 Å². The molecule has 0 unspecified atom stereocenters. The highest BCUT2D eigenvalue weighted by molar-refractivity contribution is 5.41. The van der Waals surface area contributed by atoms with E-state index in [-0.39, 0.29) is 6.54 Å². The van der Waals surface area contributed by atoms with Crippen LogP contribution in [0.5, 0.6) is 0 Å². The molecule has 94 valence electrons. The second-order valence-corrected chi connectivity index (χ2v) is 4.09. The van der Waals surface area contributed by atoms with Crippen molar-refractivity contribution in [3.8, 4) is 0 Å². The number of nitrogens with two attached hydrogens (primary N) is 1. The first kappa shape index (κ1) is 12.1. The van der Waals surface area contributed by atoms with Crippen LogP contribution in [0.2, 0.25) is 0 Å². The molecule has 1 aromatic carbocycles. The first-order valence-electron chi connectivity index (χ1n) is 5.31. The van der Waals surface area contributed by atoms with Gasteiger partial charge in [-0.3, -0.25) is 14.3 Å². The molecular weight excluding hydrogens is 237 g/mol. The average Bonchev–Trinajstić information content (AvgIpc) is 2.24. The predicted molar refractivity (Wildman–Crippen MR) is 66.0 cm³/mol. The molecule has 0 saturated carbocycles. The Labute approximate surface area is 102 Å². The Kier molecular flexibility index (Phi) is 3.01. The number of H-pyrrole nitrogens is 1. The number of aromatic nitrogens is 2. The van der Waals surface area contributed by atoms with E-state index in [1.165, 1.54) is 22.9 Å². The first-order chi connectivity index (χ1) is 8.45. The number of aryl methyl sites for hydroxylation is 1. The molecule has 0 fully saturated rings. The Morgan fingerprint density at radius 2 is 2.06 bits per heavy atom. The van der Waals surface area contributed by atoms with Gasteiger partial charge in [-0.05, 0) is 30.7 Å². The quantitative estimate of drug-likeness (QED) is 0.765. The number of nitrogen functional groups attached to an aromatic ring is 1. The van der Waals surface area contributed by atoms with E-state index in [0.29, 0.717) is 16.8 Å². The maximum atomic E-state index is 13.1. The number of rotatable bonds is 2. The number of benzene rings is 1. The lowest BCUT2D eigenvalue weighted by Crippen LogP contribution is -2.31. The van der Waals surface area contributed by atoms with E-state index in [1.54, 1.807) is 13.0 Å². The minimum atomic E-state index is -0.534. The number of hydrogen-bond acceptors (Lipinski definition) is 3. The van der Waals surface area contributed by atoms with Gasteiger partial charge >= 0.3 is 5.69 Å². The van der Waals surface area contributed by atoms with Gasteiger partial charge in [0.25, 0.3) is 5.56 Å². The van der Waals surface area contributed by atoms with Crippen LogP contribution in [0.3, 0.4) is 0 Å². The summed E-state index contributed by atoms with van der Waals surface area (Å²) in [5, 5.41) is 0. The fourth-order valence-corrected chi connectivity index (χ4v) is 1.70. The van der Waals surface area contributed by atoms with Crippen LogP contribution in [0, 0.1) is 12.7 Å². The largest absolute Gasteiger partial charge is 0.399 e. The normalized spacial score (nSPS) is 10.6. The van der Waals surface area contributed by atoms with Crippen LogP contribution >= 0.6 is 0 Å². The van der Waals surface area contributed by atoms with Crippen LogP contribution in [-0.2, 0) is 6.54 Å². The fourth-order valence-electron chi connectivity index (χ4n) is 1.70. The number of hydrogen-bond donors (Lipinski definition) is 2. The van der Waals surface area contributed by atoms with E-state index in [0.717, 1.165) is 0 Å². The van der Waals surface area contributed by atoms with Gasteiger partial charge in [0, 0.05) is 17.4 Å². The molecule has 1 heterocycles. The monoisotopic (exact) mass is 249 g/mol. The zero-order valence-electron chi connectivity index (χ0n) is 9.74. The molecule has 6 heteroatoms. The van der Waals surface area contributed by atoms with Gasteiger partial charge < -0.3 is 5.73 Å². The number of nitrogens with zero attached hydrogens (tertiary/aromatic N) is 1. The van der Waals surface area contributed by atoms with Crippen molar-refractivity contribution in [1.82, 2.24) is 9.55 Å². The second-order valence-electron chi connectivity index (χ2n) is 4.09. The smallest absolute Gasteiger partial charge is 0.328 e. The molecule has 2 rings (SSSR count). The summed E-state index contributed by atoms with van der Waals surface area (Å²) in [6.07, 6.45) is 1.43. The summed E-state index contributed by atoms with van der Waals surface area (Å²) in [5.41, 5.74) is 5.83. The summed E-state index contributed by atoms with van der Waals surface area (Å²) in [5.74, 6) is -0.459. The van der Waals surface area contributed by atoms with E-state index >= 15 is 0 Å². The van der Waals surface area contributed by atoms with Crippen LogP contribution in [-0.4, -0.2) is 9.55 Å². The molecule has 0 bridgehead atoms. The molecule has 0 aliphatic rings. The van der Waals surface area contributed by atoms with Crippen molar-refractivity contribution in [3.05, 3.63) is 62.2 Å². The lowest BCUT2D eigenvalue weighted by atomic mass is 10.2. The third kappa shape index (κ3) is 2.48. The van der Waals surface area contributed by atoms with Crippen LogP contribution < -0.4 is 17.0 Å². The molecule has 5 nitrogen and oxygen atoms in total. The van der Waals surface area contributed by atoms with Gasteiger partial charge in [-0.1, -0.05) is 0 Å². The van der Waals surface area contributed by atoms with Crippen LogP contribution in [0.1, 0.15) is 11.1 Å². The van der Waals surface area contributed by atoms with Crippen molar-refractivity contribution in [1.29, 1.82) is 0 Å². The molecule has 0 spiro atoms. The Hall–Kier alpha value is -2.37. The second kappa shape index (κ2) is 4.48. The summed E-state index contributed by atoms with van der Waals surface area (Å²) in [6.45, 7) is 1.74. The van der Waals surface area contributed by atoms with Crippen molar-refractivity contribution in [3.63, 3.8) is 0 Å². The van der Waals surface area contributed by atoms with E-state index in [1.807, 2.05) is 0 Å². The topological polar surface area (TPSA) is 80.9 Å². The minimum Gasteiger partial charge on any atom is -0.399 e. The predicted octanol–water partition coefficient (Wildman–Crippen LogP) is 0.615. The molecule has 0 saturated heterocycles. The fraction of sp³-hybridized carbons (Fsp3) is 0.167. The van der Waals surface area contributed by atoms with Crippen LogP contribution in [0.4, 0.5) is 10.1 Å². The summed E-state index contributed by atoms with van der Waals surface area (Å²) in [4.78, 5) is 24.9. The van der Waals surface area contributed by atoms with Gasteiger partial charge in [-0.15, -0.1) is 0 Å². The zero-order valence-corrected chi connectivity index (χ0v) is 9.74. The van der Waals surface area contributed by atoms with Crippen molar-refractivity contribution in [2.75, 3.05) is 5.73 Å². The van der Waals surface area contributed by atoms with E-state index in [2.05, 4.69) is 4.98 Å². The maximum Gasteiger partial charge on any atom is 0.328 e. The third-order valence-electron chi connectivity index (χ3n) is 2.52. The molecule has 0 amide bonds. The lowest BCUT2D eigenvalue weighted by Gasteiger charge is -2.07. The van der Waals surface area contributed by atoms with Crippen LogP contribution in [0.15, 0.2) is 34.0 Å². The van der Waals surface area contributed by atoms with Crippen molar-refractivity contribution < 1.29 is 4.39 Å². The maximum absolute atomic E-state index is 13.1. The summed E-state index contributed by atoms with van der Waals surface area (Å²) < 4.78 is 14.4. The number of halogens is 1. The molecule has 0 aliphatic heterocycles. The minimum absolute atomic E-state index is 0.151. The van der Waals surface area contributed by atoms with Gasteiger partial charge in [0.15, 0.2) is 0 Å². The number of nitrogens with one attached hydrogen (secondary N) is 1. The molecule has 0 atom stereocenters. The lowest BCUT2D eigenvalue weighted by molar-refractivity contribution is 0.622. The van der Waals surface area contributed by atoms with Gasteiger partial charge in [-0.25, -0.2) is 9.18 Å². The zero-order chi connectivity index (χ0) is 13.3. The molecule has 0 aliphatic carbocycles. The third-order valence-corrected chi connectivity index (χ3v) is 2.52. The SMILES string of the molecule is Cc1cn(Cc2cc(N)cc(F)c2)c(=O)[nH]c1=O. The molecular formula is C12H12FN3O2. The molecule has 0 radical (unpaired) electrons. The van der Waals surface area contributed by atoms with Crippen LogP contribution in [0.25, 0.3) is 0 Å². The number of anilines is 1. The highest BCUT2D eigenvalue weighted by atomic mass is 19.1. The highest BCUT2D eigenvalue weighted by Crippen LogP contribution is 2.11. The van der Waals surface area contributed by atoms with Crippen molar-refractivity contribution >= 4 is 5.69 Å². The number of aromatic amines is 1. The van der Waals surface area contributed by atoms with Gasteiger partial charge in [0.2, 0.25) is 0 Å². The Balaban J connectivity index is 2.43. The van der Waals surface area contributed by atoms with Gasteiger partial charge in [0.05, 0.1) is 6.54 Å². The molecule has 18 heavy (non-hydrogen) atoms. The molecule has 3 N–H and O–H groups in total. The van der Waals surface area contributed by atoms with E-state index < -0.39 is 17.1 Å². The molecule has 1 aromatic heterocycles. The van der Waals surface area contributed by atoms with Gasteiger partial charge in [0.1, 0.15) is 5.82 Å². The Morgan fingerprint density at radius 1 is 1.33 bits per heavy atom. The Morgan fingerprint density at radius 3 is 2.72 bits per heavy atom.